The number of hydrogen-bond donors (Lipinski definition) is 0. The van der Waals surface area contributed by atoms with E-state index in [1.807, 2.05) is 0 Å². The molecule has 0 saturated heterocycles. The minimum Gasteiger partial charge on any atom is -0.289 e. The Balaban J connectivity index is 2.44. The molecule has 0 aliphatic carbocycles. The van der Waals surface area contributed by atoms with Gasteiger partial charge in [0.2, 0.25) is 0 Å². The second-order valence-corrected chi connectivity index (χ2v) is 3.62. The average Bonchev–Trinajstić information content (AvgIpc) is 2.30. The molecule has 18 heavy (non-hydrogen) atoms. The first kappa shape index (κ1) is 12.3. The summed E-state index contributed by atoms with van der Waals surface area (Å²) >= 11 is 0. The number of carbonyl (C=O) groups is 1. The zero-order valence-corrected chi connectivity index (χ0v) is 8.88. The van der Waals surface area contributed by atoms with Crippen LogP contribution in [0.3, 0.4) is 0 Å². The van der Waals surface area contributed by atoms with Gasteiger partial charge in [0, 0.05) is 17.2 Å². The molecule has 0 aliphatic heterocycles. The molecule has 0 N–H and O–H groups in total. The summed E-state index contributed by atoms with van der Waals surface area (Å²) in [7, 11) is 0. The monoisotopic (exact) mass is 254 g/mol. The van der Waals surface area contributed by atoms with Gasteiger partial charge in [0.1, 0.15) is 11.6 Å². The van der Waals surface area contributed by atoms with Gasteiger partial charge in [0.25, 0.3) is 0 Å². The smallest absolute Gasteiger partial charge is 0.193 e. The van der Waals surface area contributed by atoms with E-state index < -0.39 is 29.1 Å². The van der Waals surface area contributed by atoms with Crippen LogP contribution in [0.2, 0.25) is 0 Å². The number of halogens is 4. The lowest BCUT2D eigenvalue weighted by Crippen LogP contribution is -2.03. The highest BCUT2D eigenvalue weighted by Crippen LogP contribution is 2.15. The third-order valence-electron chi connectivity index (χ3n) is 2.31. The van der Waals surface area contributed by atoms with E-state index in [1.54, 1.807) is 0 Å². The quantitative estimate of drug-likeness (QED) is 0.592. The molecule has 2 aromatic carbocycles. The van der Waals surface area contributed by atoms with Crippen molar-refractivity contribution in [2.24, 2.45) is 0 Å². The Morgan fingerprint density at radius 3 is 1.89 bits per heavy atom. The predicted molar refractivity (Wildman–Crippen MR) is 56.1 cm³/mol. The van der Waals surface area contributed by atoms with Crippen LogP contribution in [0.4, 0.5) is 17.6 Å². The van der Waals surface area contributed by atoms with Crippen LogP contribution in [0, 0.1) is 23.3 Å². The van der Waals surface area contributed by atoms with Crippen molar-refractivity contribution in [1.82, 2.24) is 0 Å². The molecule has 0 heterocycles. The van der Waals surface area contributed by atoms with Crippen molar-refractivity contribution in [3.05, 3.63) is 70.8 Å². The van der Waals surface area contributed by atoms with Crippen LogP contribution in [0.1, 0.15) is 15.9 Å². The minimum atomic E-state index is -1.20. The van der Waals surface area contributed by atoms with Crippen molar-refractivity contribution in [1.29, 1.82) is 0 Å². The Morgan fingerprint density at radius 1 is 0.722 bits per heavy atom. The molecular formula is C13H6F4O. The summed E-state index contributed by atoms with van der Waals surface area (Å²) in [5.74, 6) is -4.91. The number of ketones is 1. The Kier molecular flexibility index (Phi) is 3.14. The van der Waals surface area contributed by atoms with Gasteiger partial charge in [-0.3, -0.25) is 4.79 Å². The van der Waals surface area contributed by atoms with Gasteiger partial charge in [-0.25, -0.2) is 17.6 Å². The summed E-state index contributed by atoms with van der Waals surface area (Å²) in [4.78, 5) is 11.8. The van der Waals surface area contributed by atoms with Gasteiger partial charge < -0.3 is 0 Å². The molecular weight excluding hydrogens is 248 g/mol. The number of carbonyl (C=O) groups excluding carboxylic acids is 1. The average molecular weight is 254 g/mol. The molecule has 0 bridgehead atoms. The minimum absolute atomic E-state index is 0.182. The maximum atomic E-state index is 12.9. The van der Waals surface area contributed by atoms with E-state index in [4.69, 9.17) is 0 Å². The van der Waals surface area contributed by atoms with Crippen molar-refractivity contribution in [3.8, 4) is 0 Å². The van der Waals surface area contributed by atoms with E-state index >= 15 is 0 Å². The lowest BCUT2D eigenvalue weighted by Gasteiger charge is -2.02. The summed E-state index contributed by atoms with van der Waals surface area (Å²) in [6.45, 7) is 0. The van der Waals surface area contributed by atoms with Gasteiger partial charge in [-0.1, -0.05) is 0 Å². The van der Waals surface area contributed by atoms with E-state index in [-0.39, 0.29) is 11.1 Å². The maximum Gasteiger partial charge on any atom is 0.193 e. The lowest BCUT2D eigenvalue weighted by molar-refractivity contribution is 0.103. The lowest BCUT2D eigenvalue weighted by atomic mass is 10.0. The molecule has 0 atom stereocenters. The van der Waals surface area contributed by atoms with Crippen molar-refractivity contribution < 1.29 is 22.4 Å². The highest BCUT2D eigenvalue weighted by Gasteiger charge is 2.13. The molecule has 0 radical (unpaired) electrons. The topological polar surface area (TPSA) is 17.1 Å². The normalized spacial score (nSPS) is 10.4. The zero-order valence-electron chi connectivity index (χ0n) is 8.88. The zero-order chi connectivity index (χ0) is 13.3. The largest absolute Gasteiger partial charge is 0.289 e. The van der Waals surface area contributed by atoms with Gasteiger partial charge in [-0.05, 0) is 30.3 Å². The fourth-order valence-corrected chi connectivity index (χ4v) is 1.49. The van der Waals surface area contributed by atoms with E-state index in [2.05, 4.69) is 0 Å². The van der Waals surface area contributed by atoms with Crippen LogP contribution in [0.15, 0.2) is 36.4 Å². The summed E-state index contributed by atoms with van der Waals surface area (Å²) in [6, 6.07) is 4.77. The van der Waals surface area contributed by atoms with Gasteiger partial charge in [0.05, 0.1) is 0 Å². The van der Waals surface area contributed by atoms with Crippen molar-refractivity contribution in [3.63, 3.8) is 0 Å². The fraction of sp³-hybridized carbons (Fsp3) is 0. The van der Waals surface area contributed by atoms with E-state index in [0.717, 1.165) is 24.3 Å². The molecule has 92 valence electrons. The molecule has 0 aliphatic rings. The molecule has 0 spiro atoms. The summed E-state index contributed by atoms with van der Waals surface area (Å²) in [6.07, 6.45) is 0. The molecule has 0 amide bonds. The van der Waals surface area contributed by atoms with Crippen LogP contribution in [-0.2, 0) is 0 Å². The third-order valence-corrected chi connectivity index (χ3v) is 2.31. The first-order valence-corrected chi connectivity index (χ1v) is 4.93. The van der Waals surface area contributed by atoms with Gasteiger partial charge in [-0.15, -0.1) is 0 Å². The summed E-state index contributed by atoms with van der Waals surface area (Å²) in [5, 5.41) is 0. The fourth-order valence-electron chi connectivity index (χ4n) is 1.49. The van der Waals surface area contributed by atoms with Crippen LogP contribution in [0.5, 0.6) is 0 Å². The van der Waals surface area contributed by atoms with Crippen LogP contribution < -0.4 is 0 Å². The molecule has 0 saturated carbocycles. The van der Waals surface area contributed by atoms with Crippen LogP contribution in [-0.4, -0.2) is 5.78 Å². The molecule has 0 aromatic heterocycles. The van der Waals surface area contributed by atoms with E-state index in [0.29, 0.717) is 12.1 Å². The first-order valence-electron chi connectivity index (χ1n) is 4.93. The molecule has 0 unspecified atom stereocenters. The SMILES string of the molecule is O=C(c1cc(F)cc(F)c1)c1ccc(F)c(F)c1. The van der Waals surface area contributed by atoms with E-state index in [1.165, 1.54) is 0 Å². The summed E-state index contributed by atoms with van der Waals surface area (Å²) in [5.41, 5.74) is -0.447. The second-order valence-electron chi connectivity index (χ2n) is 3.62. The highest BCUT2D eigenvalue weighted by atomic mass is 19.2. The Bertz CT molecular complexity index is 602. The molecule has 1 nitrogen and oxygen atoms in total. The number of hydrogen-bond acceptors (Lipinski definition) is 1. The van der Waals surface area contributed by atoms with Crippen LogP contribution in [0.25, 0.3) is 0 Å². The third kappa shape index (κ3) is 2.40. The molecule has 0 fully saturated rings. The Morgan fingerprint density at radius 2 is 1.33 bits per heavy atom. The van der Waals surface area contributed by atoms with Gasteiger partial charge in [0.15, 0.2) is 17.4 Å². The van der Waals surface area contributed by atoms with Crippen molar-refractivity contribution in [2.75, 3.05) is 0 Å². The van der Waals surface area contributed by atoms with Crippen molar-refractivity contribution >= 4 is 5.78 Å². The Labute approximate surface area is 99.7 Å². The number of rotatable bonds is 2. The Hall–Kier alpha value is -2.17. The van der Waals surface area contributed by atoms with Gasteiger partial charge >= 0.3 is 0 Å². The second kappa shape index (κ2) is 4.60. The summed E-state index contributed by atoms with van der Waals surface area (Å²) < 4.78 is 51.5. The van der Waals surface area contributed by atoms with Crippen LogP contribution >= 0.6 is 0 Å². The van der Waals surface area contributed by atoms with Crippen molar-refractivity contribution in [2.45, 2.75) is 0 Å². The standard InChI is InChI=1S/C13H6F4O/c14-9-3-8(4-10(15)6-9)13(18)7-1-2-11(16)12(17)5-7/h1-6H. The predicted octanol–water partition coefficient (Wildman–Crippen LogP) is 3.47. The maximum absolute atomic E-state index is 12.9. The van der Waals surface area contributed by atoms with E-state index in [9.17, 15) is 22.4 Å². The highest BCUT2D eigenvalue weighted by molar-refractivity contribution is 6.08. The molecule has 2 rings (SSSR count). The number of benzene rings is 2. The first-order chi connectivity index (χ1) is 8.47. The molecule has 5 heteroatoms. The van der Waals surface area contributed by atoms with Gasteiger partial charge in [-0.2, -0.15) is 0 Å². The molecule has 2 aromatic rings.